The molecule has 1 aromatic carbocycles. The predicted octanol–water partition coefficient (Wildman–Crippen LogP) is 2.61. The van der Waals surface area contributed by atoms with Crippen molar-refractivity contribution < 1.29 is 18.0 Å². The van der Waals surface area contributed by atoms with Crippen molar-refractivity contribution >= 4 is 30.1 Å². The number of hydrogen-bond donors (Lipinski definition) is 1. The molecule has 1 aliphatic heterocycles. The number of amides is 1. The monoisotopic (exact) mass is 340 g/mol. The fraction of sp³-hybridized carbons (Fsp3) is 0.462. The summed E-state index contributed by atoms with van der Waals surface area (Å²) in [6, 6.07) is 9.24. The van der Waals surface area contributed by atoms with Crippen LogP contribution in [0.2, 0.25) is 0 Å². The minimum Gasteiger partial charge on any atom is -0.340 e. The molecule has 1 saturated heterocycles. The van der Waals surface area contributed by atoms with Crippen LogP contribution in [0, 0.1) is 0 Å². The van der Waals surface area contributed by atoms with Crippen LogP contribution in [0.1, 0.15) is 11.5 Å². The van der Waals surface area contributed by atoms with Gasteiger partial charge in [0.05, 0.1) is 5.75 Å². The standard InChI is InChI=1S/C13H15F3N2OS.ClH/c14-13(15,16)20-8-12(19)18-6-10(11(17)7-18)9-4-2-1-3-5-9;/h1-5,10-11H,6-8,17H2;1H/t10-,11+;/m0./s1. The number of thioether (sulfide) groups is 1. The Kier molecular flexibility index (Phi) is 6.37. The zero-order valence-electron chi connectivity index (χ0n) is 11.0. The van der Waals surface area contributed by atoms with Gasteiger partial charge < -0.3 is 10.6 Å². The van der Waals surface area contributed by atoms with Gasteiger partial charge in [0.25, 0.3) is 0 Å². The lowest BCUT2D eigenvalue weighted by molar-refractivity contribution is -0.127. The Morgan fingerprint density at radius 2 is 1.90 bits per heavy atom. The fourth-order valence-electron chi connectivity index (χ4n) is 2.32. The first kappa shape index (κ1) is 18.1. The topological polar surface area (TPSA) is 46.3 Å². The molecule has 0 bridgehead atoms. The van der Waals surface area contributed by atoms with E-state index in [2.05, 4.69) is 0 Å². The average Bonchev–Trinajstić information content (AvgIpc) is 2.78. The quantitative estimate of drug-likeness (QED) is 0.920. The van der Waals surface area contributed by atoms with Gasteiger partial charge in [-0.2, -0.15) is 13.2 Å². The highest BCUT2D eigenvalue weighted by atomic mass is 35.5. The van der Waals surface area contributed by atoms with Gasteiger partial charge in [0, 0.05) is 25.0 Å². The number of alkyl halides is 3. The lowest BCUT2D eigenvalue weighted by atomic mass is 9.95. The first-order valence-electron chi connectivity index (χ1n) is 6.16. The first-order chi connectivity index (χ1) is 9.37. The zero-order valence-corrected chi connectivity index (χ0v) is 12.7. The van der Waals surface area contributed by atoms with Gasteiger partial charge in [-0.05, 0) is 17.3 Å². The van der Waals surface area contributed by atoms with Crippen molar-refractivity contribution in [1.29, 1.82) is 0 Å². The van der Waals surface area contributed by atoms with E-state index in [1.807, 2.05) is 30.3 Å². The molecule has 1 aromatic rings. The number of benzene rings is 1. The van der Waals surface area contributed by atoms with Crippen LogP contribution < -0.4 is 5.73 Å². The predicted molar refractivity (Wildman–Crippen MR) is 79.5 cm³/mol. The number of halogens is 4. The van der Waals surface area contributed by atoms with Crippen LogP contribution in [0.15, 0.2) is 30.3 Å². The molecule has 2 N–H and O–H groups in total. The minimum atomic E-state index is -4.38. The number of likely N-dealkylation sites (tertiary alicyclic amines) is 1. The van der Waals surface area contributed by atoms with Gasteiger partial charge in [0.2, 0.25) is 5.91 Å². The molecule has 0 spiro atoms. The lowest BCUT2D eigenvalue weighted by Gasteiger charge is -2.16. The van der Waals surface area contributed by atoms with E-state index in [9.17, 15) is 18.0 Å². The number of carbonyl (C=O) groups excluding carboxylic acids is 1. The summed E-state index contributed by atoms with van der Waals surface area (Å²) < 4.78 is 36.3. The van der Waals surface area contributed by atoms with Gasteiger partial charge in [-0.3, -0.25) is 4.79 Å². The minimum absolute atomic E-state index is 0. The second kappa shape index (κ2) is 7.38. The highest BCUT2D eigenvalue weighted by Gasteiger charge is 2.36. The van der Waals surface area contributed by atoms with E-state index in [4.69, 9.17) is 5.73 Å². The maximum absolute atomic E-state index is 12.1. The highest BCUT2D eigenvalue weighted by Crippen LogP contribution is 2.31. The van der Waals surface area contributed by atoms with Crippen molar-refractivity contribution in [2.75, 3.05) is 18.8 Å². The molecule has 0 unspecified atom stereocenters. The molecule has 0 aromatic heterocycles. The largest absolute Gasteiger partial charge is 0.442 e. The highest BCUT2D eigenvalue weighted by molar-refractivity contribution is 8.00. The molecule has 0 radical (unpaired) electrons. The summed E-state index contributed by atoms with van der Waals surface area (Å²) in [6.45, 7) is 0.680. The SMILES string of the molecule is Cl.N[C@@H]1CN(C(=O)CSC(F)(F)F)C[C@H]1c1ccccc1. The number of hydrogen-bond acceptors (Lipinski definition) is 3. The molecule has 2 rings (SSSR count). The van der Waals surface area contributed by atoms with E-state index in [0.717, 1.165) is 5.56 Å². The van der Waals surface area contributed by atoms with Gasteiger partial charge >= 0.3 is 5.51 Å². The maximum atomic E-state index is 12.1. The molecule has 3 nitrogen and oxygen atoms in total. The Bertz CT molecular complexity index is 472. The smallest absolute Gasteiger partial charge is 0.340 e. The molecule has 0 saturated carbocycles. The number of carbonyl (C=O) groups is 1. The van der Waals surface area contributed by atoms with E-state index in [0.29, 0.717) is 13.1 Å². The summed E-state index contributed by atoms with van der Waals surface area (Å²) in [5, 5.41) is 0. The van der Waals surface area contributed by atoms with Gasteiger partial charge in [0.15, 0.2) is 0 Å². The van der Waals surface area contributed by atoms with Gasteiger partial charge in [0.1, 0.15) is 0 Å². The molecular formula is C13H16ClF3N2OS. The lowest BCUT2D eigenvalue weighted by Crippen LogP contribution is -2.33. The van der Waals surface area contributed by atoms with Crippen LogP contribution in [0.3, 0.4) is 0 Å². The van der Waals surface area contributed by atoms with E-state index in [-0.39, 0.29) is 36.1 Å². The fourth-order valence-corrected chi connectivity index (χ4v) is 2.79. The van der Waals surface area contributed by atoms with Gasteiger partial charge in [-0.15, -0.1) is 12.4 Å². The molecule has 1 amide bonds. The normalized spacial score (nSPS) is 22.0. The summed E-state index contributed by atoms with van der Waals surface area (Å²) in [5.41, 5.74) is 2.63. The molecule has 8 heteroatoms. The van der Waals surface area contributed by atoms with Crippen molar-refractivity contribution in [3.63, 3.8) is 0 Å². The Hall–Kier alpha value is -0.920. The Labute approximate surface area is 131 Å². The van der Waals surface area contributed by atoms with E-state index in [1.165, 1.54) is 4.90 Å². The first-order valence-corrected chi connectivity index (χ1v) is 7.14. The second-order valence-electron chi connectivity index (χ2n) is 4.71. The molecule has 1 aliphatic rings. The van der Waals surface area contributed by atoms with Gasteiger partial charge in [-0.1, -0.05) is 30.3 Å². The molecule has 2 atom stereocenters. The van der Waals surface area contributed by atoms with Crippen molar-refractivity contribution in [2.24, 2.45) is 5.73 Å². The van der Waals surface area contributed by atoms with Crippen LogP contribution in [0.4, 0.5) is 13.2 Å². The third-order valence-electron chi connectivity index (χ3n) is 3.30. The van der Waals surface area contributed by atoms with Crippen molar-refractivity contribution in [3.8, 4) is 0 Å². The zero-order chi connectivity index (χ0) is 14.8. The van der Waals surface area contributed by atoms with E-state index < -0.39 is 17.2 Å². The number of nitrogens with two attached hydrogens (primary N) is 1. The summed E-state index contributed by atoms with van der Waals surface area (Å²) in [7, 11) is 0. The second-order valence-corrected chi connectivity index (χ2v) is 5.75. The summed E-state index contributed by atoms with van der Waals surface area (Å²) in [4.78, 5) is 13.2. The van der Waals surface area contributed by atoms with Crippen LogP contribution in [0.5, 0.6) is 0 Å². The molecule has 0 aliphatic carbocycles. The molecule has 21 heavy (non-hydrogen) atoms. The third-order valence-corrected chi connectivity index (χ3v) is 4.02. The molecule has 1 heterocycles. The van der Waals surface area contributed by atoms with Crippen LogP contribution in [-0.2, 0) is 4.79 Å². The maximum Gasteiger partial charge on any atom is 0.442 e. The van der Waals surface area contributed by atoms with E-state index >= 15 is 0 Å². The number of rotatable bonds is 3. The molecular weight excluding hydrogens is 325 g/mol. The van der Waals surface area contributed by atoms with Gasteiger partial charge in [-0.25, -0.2) is 0 Å². The average molecular weight is 341 g/mol. The Balaban J connectivity index is 0.00000220. The summed E-state index contributed by atoms with van der Waals surface area (Å²) in [6.07, 6.45) is 0. The van der Waals surface area contributed by atoms with Crippen molar-refractivity contribution in [1.82, 2.24) is 4.90 Å². The van der Waals surface area contributed by atoms with Crippen molar-refractivity contribution in [2.45, 2.75) is 17.5 Å². The summed E-state index contributed by atoms with van der Waals surface area (Å²) in [5.74, 6) is -1.12. The van der Waals surface area contributed by atoms with Crippen molar-refractivity contribution in [3.05, 3.63) is 35.9 Å². The third kappa shape index (κ3) is 5.09. The van der Waals surface area contributed by atoms with E-state index in [1.54, 1.807) is 0 Å². The Morgan fingerprint density at radius 1 is 1.29 bits per heavy atom. The van der Waals surface area contributed by atoms with Crippen LogP contribution >= 0.6 is 24.2 Å². The summed E-state index contributed by atoms with van der Waals surface area (Å²) >= 11 is -0.305. The van der Waals surface area contributed by atoms with Crippen LogP contribution in [-0.4, -0.2) is 41.2 Å². The van der Waals surface area contributed by atoms with Crippen LogP contribution in [0.25, 0.3) is 0 Å². The molecule has 118 valence electrons. The number of nitrogens with zero attached hydrogens (tertiary/aromatic N) is 1. The molecule has 1 fully saturated rings. The Morgan fingerprint density at radius 3 is 2.48 bits per heavy atom.